The molecule has 0 atom stereocenters. The van der Waals surface area contributed by atoms with Crippen LogP contribution in [0.4, 0.5) is 5.69 Å². The number of benzene rings is 1. The van der Waals surface area contributed by atoms with E-state index in [0.29, 0.717) is 6.42 Å². The minimum Gasteiger partial charge on any atom is -0.346 e. The van der Waals surface area contributed by atoms with Gasteiger partial charge in [0, 0.05) is 31.4 Å². The molecule has 0 unspecified atom stereocenters. The number of nitrogens with one attached hydrogen (secondary N) is 2. The Balaban J connectivity index is 2.05. The van der Waals surface area contributed by atoms with Crippen molar-refractivity contribution in [3.05, 3.63) is 30.5 Å². The van der Waals surface area contributed by atoms with Crippen molar-refractivity contribution in [2.75, 3.05) is 39.5 Å². The lowest BCUT2D eigenvalue weighted by Crippen LogP contribution is -2.18. The predicted octanol–water partition coefficient (Wildman–Crippen LogP) is 2.14. The Kier molecular flexibility index (Phi) is 5.98. The Morgan fingerprint density at radius 2 is 2.09 bits per heavy atom. The highest BCUT2D eigenvalue weighted by atomic mass is 16.1. The minimum absolute atomic E-state index is 0.0704. The van der Waals surface area contributed by atoms with Crippen molar-refractivity contribution in [2.24, 2.45) is 0 Å². The van der Waals surface area contributed by atoms with E-state index in [4.69, 9.17) is 0 Å². The number of likely N-dealkylation sites (N-methyl/N-ethyl adjacent to an activating group) is 1. The van der Waals surface area contributed by atoms with Crippen LogP contribution < -0.4 is 10.6 Å². The molecule has 0 saturated carbocycles. The number of aromatic nitrogens is 1. The highest BCUT2D eigenvalue weighted by Crippen LogP contribution is 2.20. The zero-order valence-electron chi connectivity index (χ0n) is 13.7. The van der Waals surface area contributed by atoms with E-state index >= 15 is 0 Å². The number of hydrogen-bond donors (Lipinski definition) is 2. The van der Waals surface area contributed by atoms with E-state index in [1.807, 2.05) is 13.1 Å². The molecule has 1 aromatic carbocycles. The van der Waals surface area contributed by atoms with Crippen molar-refractivity contribution in [3.8, 4) is 0 Å². The number of amides is 1. The number of rotatable bonds is 8. The maximum atomic E-state index is 11.9. The summed E-state index contributed by atoms with van der Waals surface area (Å²) in [4.78, 5) is 14.1. The first-order valence-electron chi connectivity index (χ1n) is 7.78. The fraction of sp³-hybridized carbons (Fsp3) is 0.471. The standard InChI is InChI=1S/C17H26N4O/c1-18-9-4-5-17(22)19-15-7-6-14-8-10-21(16(14)13-15)12-11-20(2)3/h6-8,10,13,18H,4-5,9,11-12H2,1-3H3,(H,19,22). The average molecular weight is 302 g/mol. The summed E-state index contributed by atoms with van der Waals surface area (Å²) < 4.78 is 2.23. The summed E-state index contributed by atoms with van der Waals surface area (Å²) in [6, 6.07) is 8.20. The van der Waals surface area contributed by atoms with Crippen molar-refractivity contribution < 1.29 is 4.79 Å². The van der Waals surface area contributed by atoms with Crippen LogP contribution in [0.15, 0.2) is 30.5 Å². The Hall–Kier alpha value is -1.85. The molecule has 0 aliphatic rings. The second kappa shape index (κ2) is 7.96. The first-order chi connectivity index (χ1) is 10.6. The van der Waals surface area contributed by atoms with E-state index in [2.05, 4.69) is 58.6 Å². The number of fused-ring (bicyclic) bond motifs is 1. The highest BCUT2D eigenvalue weighted by Gasteiger charge is 2.06. The van der Waals surface area contributed by atoms with Crippen LogP contribution in [0, 0.1) is 0 Å². The summed E-state index contributed by atoms with van der Waals surface area (Å²) in [5.41, 5.74) is 2.03. The molecule has 1 aromatic heterocycles. The fourth-order valence-corrected chi connectivity index (χ4v) is 2.41. The van der Waals surface area contributed by atoms with Crippen LogP contribution in [0.2, 0.25) is 0 Å². The van der Waals surface area contributed by atoms with E-state index < -0.39 is 0 Å². The van der Waals surface area contributed by atoms with Crippen molar-refractivity contribution >= 4 is 22.5 Å². The van der Waals surface area contributed by atoms with Gasteiger partial charge in [-0.05, 0) is 57.7 Å². The predicted molar refractivity (Wildman–Crippen MR) is 92.3 cm³/mol. The summed E-state index contributed by atoms with van der Waals surface area (Å²) in [5, 5.41) is 7.24. The van der Waals surface area contributed by atoms with E-state index in [-0.39, 0.29) is 5.91 Å². The van der Waals surface area contributed by atoms with E-state index in [1.54, 1.807) is 0 Å². The van der Waals surface area contributed by atoms with E-state index in [9.17, 15) is 4.79 Å². The summed E-state index contributed by atoms with van der Waals surface area (Å²) >= 11 is 0. The number of carbonyl (C=O) groups excluding carboxylic acids is 1. The van der Waals surface area contributed by atoms with Gasteiger partial charge in [-0.25, -0.2) is 0 Å². The van der Waals surface area contributed by atoms with Gasteiger partial charge in [-0.15, -0.1) is 0 Å². The summed E-state index contributed by atoms with van der Waals surface area (Å²) in [6.07, 6.45) is 3.50. The van der Waals surface area contributed by atoms with Crippen LogP contribution >= 0.6 is 0 Å². The van der Waals surface area contributed by atoms with Gasteiger partial charge in [0.15, 0.2) is 0 Å². The van der Waals surface area contributed by atoms with Crippen molar-refractivity contribution in [3.63, 3.8) is 0 Å². The van der Waals surface area contributed by atoms with Gasteiger partial charge in [0.25, 0.3) is 0 Å². The van der Waals surface area contributed by atoms with Crippen LogP contribution in [0.5, 0.6) is 0 Å². The monoisotopic (exact) mass is 302 g/mol. The second-order valence-electron chi connectivity index (χ2n) is 5.84. The largest absolute Gasteiger partial charge is 0.346 e. The van der Waals surface area contributed by atoms with Gasteiger partial charge < -0.3 is 20.1 Å². The molecule has 0 spiro atoms. The third kappa shape index (κ3) is 4.58. The van der Waals surface area contributed by atoms with Crippen molar-refractivity contribution in [1.82, 2.24) is 14.8 Å². The Bertz CT molecular complexity index is 618. The molecular formula is C17H26N4O. The minimum atomic E-state index is 0.0704. The van der Waals surface area contributed by atoms with E-state index in [1.165, 1.54) is 5.39 Å². The van der Waals surface area contributed by atoms with Crippen LogP contribution in [0.1, 0.15) is 12.8 Å². The third-order valence-corrected chi connectivity index (χ3v) is 3.68. The molecule has 0 aliphatic heterocycles. The topological polar surface area (TPSA) is 49.3 Å². The zero-order chi connectivity index (χ0) is 15.9. The molecule has 0 fully saturated rings. The Morgan fingerprint density at radius 3 is 2.82 bits per heavy atom. The number of anilines is 1. The van der Waals surface area contributed by atoms with Crippen LogP contribution in [-0.4, -0.2) is 49.6 Å². The molecular weight excluding hydrogens is 276 g/mol. The first kappa shape index (κ1) is 16.5. The summed E-state index contributed by atoms with van der Waals surface area (Å²) in [5.74, 6) is 0.0704. The van der Waals surface area contributed by atoms with E-state index in [0.717, 1.165) is 37.3 Å². The number of hydrogen-bond acceptors (Lipinski definition) is 3. The smallest absolute Gasteiger partial charge is 0.224 e. The molecule has 2 rings (SSSR count). The molecule has 120 valence electrons. The zero-order valence-corrected chi connectivity index (χ0v) is 13.7. The maximum Gasteiger partial charge on any atom is 0.224 e. The molecule has 1 heterocycles. The van der Waals surface area contributed by atoms with Crippen LogP contribution in [0.3, 0.4) is 0 Å². The molecule has 22 heavy (non-hydrogen) atoms. The second-order valence-corrected chi connectivity index (χ2v) is 5.84. The molecule has 5 nitrogen and oxygen atoms in total. The van der Waals surface area contributed by atoms with Crippen LogP contribution in [-0.2, 0) is 11.3 Å². The molecule has 2 N–H and O–H groups in total. The average Bonchev–Trinajstić information content (AvgIpc) is 2.88. The highest BCUT2D eigenvalue weighted by molar-refractivity contribution is 5.93. The first-order valence-corrected chi connectivity index (χ1v) is 7.78. The maximum absolute atomic E-state index is 11.9. The molecule has 0 radical (unpaired) electrons. The SMILES string of the molecule is CNCCCC(=O)Nc1ccc2ccn(CCN(C)C)c2c1. The Labute approximate surface area is 132 Å². The normalized spacial score (nSPS) is 11.3. The van der Waals surface area contributed by atoms with Crippen molar-refractivity contribution in [2.45, 2.75) is 19.4 Å². The van der Waals surface area contributed by atoms with Gasteiger partial charge in [-0.1, -0.05) is 6.07 Å². The third-order valence-electron chi connectivity index (χ3n) is 3.68. The van der Waals surface area contributed by atoms with Gasteiger partial charge in [0.05, 0.1) is 5.52 Å². The lowest BCUT2D eigenvalue weighted by molar-refractivity contribution is -0.116. The lowest BCUT2D eigenvalue weighted by atomic mass is 10.2. The summed E-state index contributed by atoms with van der Waals surface area (Å²) in [7, 11) is 6.04. The molecule has 2 aromatic rings. The van der Waals surface area contributed by atoms with Gasteiger partial charge in [0.1, 0.15) is 0 Å². The number of carbonyl (C=O) groups is 1. The van der Waals surface area contributed by atoms with Gasteiger partial charge in [-0.2, -0.15) is 0 Å². The molecule has 0 saturated heterocycles. The fourth-order valence-electron chi connectivity index (χ4n) is 2.41. The Morgan fingerprint density at radius 1 is 1.27 bits per heavy atom. The van der Waals surface area contributed by atoms with Gasteiger partial charge in [-0.3, -0.25) is 4.79 Å². The van der Waals surface area contributed by atoms with Gasteiger partial charge in [0.2, 0.25) is 5.91 Å². The molecule has 1 amide bonds. The van der Waals surface area contributed by atoms with Crippen molar-refractivity contribution in [1.29, 1.82) is 0 Å². The molecule has 5 heteroatoms. The van der Waals surface area contributed by atoms with Gasteiger partial charge >= 0.3 is 0 Å². The molecule has 0 aliphatic carbocycles. The summed E-state index contributed by atoms with van der Waals surface area (Å²) in [6.45, 7) is 2.79. The number of nitrogens with zero attached hydrogens (tertiary/aromatic N) is 2. The van der Waals surface area contributed by atoms with Crippen LogP contribution in [0.25, 0.3) is 10.9 Å². The quantitative estimate of drug-likeness (QED) is 0.735. The lowest BCUT2D eigenvalue weighted by Gasteiger charge is -2.12. The molecule has 0 bridgehead atoms.